The van der Waals surface area contributed by atoms with Gasteiger partial charge < -0.3 is 5.11 Å². The first-order chi connectivity index (χ1) is 21.4. The smallest absolute Gasteiger partial charge is 0.394 e. The van der Waals surface area contributed by atoms with Gasteiger partial charge in [0, 0.05) is 12.8 Å². The second-order valence-electron chi connectivity index (χ2n) is 12.7. The van der Waals surface area contributed by atoms with Crippen LogP contribution in [0, 0.1) is 5.92 Å². The van der Waals surface area contributed by atoms with Crippen LogP contribution in [0.25, 0.3) is 0 Å². The molecule has 0 unspecified atom stereocenters. The highest BCUT2D eigenvalue weighted by atomic mass is 32.3. The summed E-state index contributed by atoms with van der Waals surface area (Å²) in [7, 11) is -4.37. The first-order valence-corrected chi connectivity index (χ1v) is 19.9. The molecule has 0 saturated heterocycles. The average molecular weight is 647 g/mol. The molecular weight excluding hydrogens is 576 g/mol. The number of unbranched alkanes of at least 4 members (excludes halogenated alkanes) is 24. The molecule has 0 spiro atoms. The van der Waals surface area contributed by atoms with Gasteiger partial charge in [-0.2, -0.15) is 8.42 Å². The van der Waals surface area contributed by atoms with Crippen LogP contribution < -0.4 is 0 Å². The van der Waals surface area contributed by atoms with Gasteiger partial charge in [-0.15, -0.1) is 0 Å². The number of Topliss-reactive ketones (excluding diaryl/α,β-unsaturated/α-hetero) is 2. The summed E-state index contributed by atoms with van der Waals surface area (Å²) < 4.78 is 33.3. The van der Waals surface area contributed by atoms with E-state index in [0.29, 0.717) is 12.8 Å². The van der Waals surface area contributed by atoms with Gasteiger partial charge in [-0.05, 0) is 12.8 Å². The molecule has 0 aromatic rings. The van der Waals surface area contributed by atoms with Crippen molar-refractivity contribution in [3.05, 3.63) is 0 Å². The van der Waals surface area contributed by atoms with Gasteiger partial charge in [0.1, 0.15) is 17.5 Å². The lowest BCUT2D eigenvalue weighted by atomic mass is 9.92. The van der Waals surface area contributed by atoms with Crippen molar-refractivity contribution < 1.29 is 31.5 Å². The Morgan fingerprint density at radius 1 is 0.500 bits per heavy atom. The summed E-state index contributed by atoms with van der Waals surface area (Å²) in [5, 5.41) is 8.83. The Morgan fingerprint density at radius 2 is 0.795 bits per heavy atom. The van der Waals surface area contributed by atoms with Crippen molar-refractivity contribution in [1.29, 1.82) is 0 Å². The first kappa shape index (κ1) is 43.2. The summed E-state index contributed by atoms with van der Waals surface area (Å²) in [5.41, 5.74) is 0. The Hall–Kier alpha value is -0.830. The third kappa shape index (κ3) is 28.6. The highest BCUT2D eigenvalue weighted by Crippen LogP contribution is 2.18. The topological polar surface area (TPSA) is 107 Å². The molecule has 0 aliphatic heterocycles. The highest BCUT2D eigenvalue weighted by Gasteiger charge is 2.28. The van der Waals surface area contributed by atoms with Crippen LogP contribution in [0.4, 0.5) is 0 Å². The van der Waals surface area contributed by atoms with Crippen molar-refractivity contribution in [3.8, 4) is 0 Å². The van der Waals surface area contributed by atoms with E-state index in [4.69, 9.17) is 9.29 Å². The van der Waals surface area contributed by atoms with Crippen LogP contribution in [0.1, 0.15) is 194 Å². The molecule has 0 radical (unpaired) electrons. The number of rotatable bonds is 36. The van der Waals surface area contributed by atoms with Gasteiger partial charge in [0.15, 0.2) is 0 Å². The fourth-order valence-electron chi connectivity index (χ4n) is 5.67. The van der Waals surface area contributed by atoms with Crippen LogP contribution in [0.15, 0.2) is 0 Å². The summed E-state index contributed by atoms with van der Waals surface area (Å²) in [4.78, 5) is 25.9. The molecule has 0 aliphatic carbocycles. The van der Waals surface area contributed by atoms with Crippen molar-refractivity contribution in [2.75, 3.05) is 19.8 Å². The molecule has 0 saturated carbocycles. The van der Waals surface area contributed by atoms with Crippen LogP contribution in [-0.2, 0) is 28.4 Å². The summed E-state index contributed by atoms with van der Waals surface area (Å²) >= 11 is 0. The van der Waals surface area contributed by atoms with Gasteiger partial charge in [0.05, 0.1) is 19.8 Å². The zero-order valence-corrected chi connectivity index (χ0v) is 29.6. The lowest BCUT2D eigenvalue weighted by Gasteiger charge is -2.15. The van der Waals surface area contributed by atoms with Crippen LogP contribution in [0.5, 0.6) is 0 Å². The van der Waals surface area contributed by atoms with E-state index in [1.807, 2.05) is 0 Å². The molecule has 44 heavy (non-hydrogen) atoms. The third-order valence-electron chi connectivity index (χ3n) is 8.53. The van der Waals surface area contributed by atoms with Gasteiger partial charge >= 0.3 is 10.4 Å². The van der Waals surface area contributed by atoms with Crippen LogP contribution in [-0.4, -0.2) is 44.9 Å². The predicted molar refractivity (Wildman–Crippen MR) is 182 cm³/mol. The average Bonchev–Trinajstić information content (AvgIpc) is 3.00. The van der Waals surface area contributed by atoms with Crippen molar-refractivity contribution in [2.24, 2.45) is 5.92 Å². The second-order valence-corrected chi connectivity index (χ2v) is 14.0. The van der Waals surface area contributed by atoms with E-state index in [1.54, 1.807) is 0 Å². The standard InChI is InChI=1S/C36H70O7S/c1-3-5-7-9-11-13-15-17-19-21-23-25-27-29-35(38)34(33-43-44(40,41)42-32-31-37)36(39)30-28-26-24-22-20-18-16-14-12-10-8-6-4-2/h34,37H,3-33H2,1-2H3. The number of aliphatic hydroxyl groups excluding tert-OH is 1. The van der Waals surface area contributed by atoms with Crippen LogP contribution in [0.2, 0.25) is 0 Å². The minimum Gasteiger partial charge on any atom is -0.394 e. The van der Waals surface area contributed by atoms with Crippen molar-refractivity contribution >= 4 is 22.0 Å². The summed E-state index contributed by atoms with van der Waals surface area (Å²) in [6, 6.07) is 0. The maximum absolute atomic E-state index is 13.0. The number of carbonyl (C=O) groups is 2. The molecule has 0 atom stereocenters. The fraction of sp³-hybridized carbons (Fsp3) is 0.944. The summed E-state index contributed by atoms with van der Waals surface area (Å²) in [6.07, 6.45) is 31.9. The van der Waals surface area contributed by atoms with E-state index in [1.165, 1.54) is 116 Å². The molecule has 0 heterocycles. The quantitative estimate of drug-likeness (QED) is 0.0533. The van der Waals surface area contributed by atoms with Crippen LogP contribution in [0.3, 0.4) is 0 Å². The highest BCUT2D eigenvalue weighted by molar-refractivity contribution is 7.81. The lowest BCUT2D eigenvalue weighted by Crippen LogP contribution is -2.30. The van der Waals surface area contributed by atoms with Gasteiger partial charge in [-0.1, -0.05) is 168 Å². The first-order valence-electron chi connectivity index (χ1n) is 18.6. The zero-order chi connectivity index (χ0) is 32.6. The fourth-order valence-corrected chi connectivity index (χ4v) is 6.32. The van der Waals surface area contributed by atoms with E-state index in [-0.39, 0.29) is 24.4 Å². The normalized spacial score (nSPS) is 11.9. The largest absolute Gasteiger partial charge is 0.399 e. The maximum atomic E-state index is 13.0. The monoisotopic (exact) mass is 646 g/mol. The maximum Gasteiger partial charge on any atom is 0.399 e. The molecule has 0 amide bonds. The molecule has 0 aromatic carbocycles. The lowest BCUT2D eigenvalue weighted by molar-refractivity contribution is -0.134. The molecule has 0 rings (SSSR count). The molecule has 1 N–H and O–H groups in total. The predicted octanol–water partition coefficient (Wildman–Crippen LogP) is 9.97. The minimum absolute atomic E-state index is 0.245. The Labute approximate surface area is 272 Å². The number of hydrogen-bond donors (Lipinski definition) is 1. The van der Waals surface area contributed by atoms with E-state index in [2.05, 4.69) is 18.0 Å². The summed E-state index contributed by atoms with van der Waals surface area (Å²) in [6.45, 7) is 3.07. The van der Waals surface area contributed by atoms with Gasteiger partial charge in [0.25, 0.3) is 0 Å². The van der Waals surface area contributed by atoms with E-state index in [9.17, 15) is 18.0 Å². The van der Waals surface area contributed by atoms with E-state index in [0.717, 1.165) is 38.5 Å². The van der Waals surface area contributed by atoms with E-state index >= 15 is 0 Å². The molecule has 0 aromatic heterocycles. The molecule has 0 fully saturated rings. The van der Waals surface area contributed by atoms with Gasteiger partial charge in [0.2, 0.25) is 0 Å². The Balaban J connectivity index is 4.27. The third-order valence-corrected chi connectivity index (χ3v) is 9.41. The molecular formula is C36H70O7S. The van der Waals surface area contributed by atoms with Crippen LogP contribution >= 0.6 is 0 Å². The second kappa shape index (κ2) is 32.1. The van der Waals surface area contributed by atoms with E-state index < -0.39 is 36.1 Å². The number of hydrogen-bond acceptors (Lipinski definition) is 7. The summed E-state index contributed by atoms with van der Waals surface area (Å²) in [5.74, 6) is -1.58. The van der Waals surface area contributed by atoms with Crippen molar-refractivity contribution in [2.45, 2.75) is 194 Å². The van der Waals surface area contributed by atoms with Gasteiger partial charge in [-0.3, -0.25) is 9.59 Å². The SMILES string of the molecule is CCCCCCCCCCCCCCCC(=O)C(COS(=O)(=O)OCCO)C(=O)CCCCCCCCCCCCCCC. The molecule has 0 aliphatic rings. The molecule has 8 heteroatoms. The number of aliphatic hydroxyl groups is 1. The number of carbonyl (C=O) groups excluding carboxylic acids is 2. The van der Waals surface area contributed by atoms with Crippen molar-refractivity contribution in [1.82, 2.24) is 0 Å². The molecule has 0 bridgehead atoms. The van der Waals surface area contributed by atoms with Crippen molar-refractivity contribution in [3.63, 3.8) is 0 Å². The Kier molecular flexibility index (Phi) is 31.5. The molecule has 262 valence electrons. The number of ketones is 2. The zero-order valence-electron chi connectivity index (χ0n) is 28.8. The minimum atomic E-state index is -4.37. The Morgan fingerprint density at radius 3 is 1.09 bits per heavy atom. The molecule has 7 nitrogen and oxygen atoms in total. The van der Waals surface area contributed by atoms with Gasteiger partial charge in [-0.25, -0.2) is 8.37 Å². The Bertz CT molecular complexity index is 712.